The van der Waals surface area contributed by atoms with E-state index in [4.69, 9.17) is 15.6 Å². The number of anilines is 1. The number of rotatable bonds is 0. The number of fused-ring (bicyclic) bond motifs is 1. The van der Waals surface area contributed by atoms with E-state index in [2.05, 4.69) is 9.97 Å². The molecule has 2 aromatic rings. The van der Waals surface area contributed by atoms with Crippen molar-refractivity contribution >= 4 is 22.8 Å². The summed E-state index contributed by atoms with van der Waals surface area (Å²) in [5.74, 6) is -0.510. The lowest BCUT2D eigenvalue weighted by Crippen LogP contribution is -1.93. The van der Waals surface area contributed by atoms with Crippen LogP contribution in [0.1, 0.15) is 6.92 Å². The minimum absolute atomic E-state index is 0.323. The van der Waals surface area contributed by atoms with E-state index in [0.29, 0.717) is 5.95 Å². The molecule has 0 radical (unpaired) electrons. The second-order valence-electron chi connectivity index (χ2n) is 2.81. The maximum Gasteiger partial charge on any atom is 0.300 e. The molecule has 0 aliphatic heterocycles. The molecular weight excluding hydrogens is 194 g/mol. The zero-order valence-corrected chi connectivity index (χ0v) is 8.21. The predicted octanol–water partition coefficient (Wildman–Crippen LogP) is 1.30. The van der Waals surface area contributed by atoms with Crippen molar-refractivity contribution in [1.82, 2.24) is 9.97 Å². The number of carboxylic acid groups (broad SMARTS) is 1. The second kappa shape index (κ2) is 4.90. The fraction of sp³-hybridized carbons (Fsp3) is 0.100. The Bertz CT molecular complexity index is 467. The van der Waals surface area contributed by atoms with Gasteiger partial charge in [-0.05, 0) is 6.07 Å². The van der Waals surface area contributed by atoms with Crippen LogP contribution in [0, 0.1) is 0 Å². The quantitative estimate of drug-likeness (QED) is 0.676. The number of hydrogen-bond acceptors (Lipinski definition) is 4. The fourth-order valence-corrected chi connectivity index (χ4v) is 0.986. The van der Waals surface area contributed by atoms with E-state index in [9.17, 15) is 0 Å². The molecule has 3 N–H and O–H groups in total. The van der Waals surface area contributed by atoms with Gasteiger partial charge in [-0.1, -0.05) is 18.2 Å². The van der Waals surface area contributed by atoms with Crippen LogP contribution in [-0.2, 0) is 4.79 Å². The Hall–Kier alpha value is -2.17. The molecule has 78 valence electrons. The third-order valence-corrected chi connectivity index (χ3v) is 1.51. The van der Waals surface area contributed by atoms with Gasteiger partial charge in [-0.3, -0.25) is 4.79 Å². The first-order chi connectivity index (χ1) is 7.09. The number of nitrogen functional groups attached to an aromatic ring is 1. The Balaban J connectivity index is 0.000000245. The molecule has 5 heteroatoms. The number of para-hydroxylation sites is 1. The van der Waals surface area contributed by atoms with Crippen LogP contribution < -0.4 is 5.73 Å². The molecule has 0 spiro atoms. The third kappa shape index (κ3) is 3.60. The van der Waals surface area contributed by atoms with Gasteiger partial charge in [0.1, 0.15) is 0 Å². The van der Waals surface area contributed by atoms with E-state index in [0.717, 1.165) is 17.8 Å². The van der Waals surface area contributed by atoms with Crippen molar-refractivity contribution in [3.63, 3.8) is 0 Å². The summed E-state index contributed by atoms with van der Waals surface area (Å²) in [6, 6.07) is 7.73. The average molecular weight is 205 g/mol. The average Bonchev–Trinajstić information content (AvgIpc) is 2.16. The van der Waals surface area contributed by atoms with Crippen molar-refractivity contribution in [3.8, 4) is 0 Å². The molecule has 0 unspecified atom stereocenters. The number of carboxylic acids is 1. The second-order valence-corrected chi connectivity index (χ2v) is 2.81. The van der Waals surface area contributed by atoms with Gasteiger partial charge < -0.3 is 10.8 Å². The third-order valence-electron chi connectivity index (χ3n) is 1.51. The first-order valence-electron chi connectivity index (χ1n) is 4.26. The first kappa shape index (κ1) is 10.9. The number of carbonyl (C=O) groups is 1. The van der Waals surface area contributed by atoms with Gasteiger partial charge >= 0.3 is 0 Å². The number of hydrogen-bond donors (Lipinski definition) is 2. The molecule has 2 rings (SSSR count). The molecule has 1 aromatic heterocycles. The monoisotopic (exact) mass is 205 g/mol. The maximum atomic E-state index is 9.00. The molecule has 1 heterocycles. The molecule has 0 aliphatic carbocycles. The van der Waals surface area contributed by atoms with Gasteiger partial charge in [0.05, 0.1) is 5.52 Å². The van der Waals surface area contributed by atoms with Gasteiger partial charge in [-0.15, -0.1) is 0 Å². The molecule has 5 nitrogen and oxygen atoms in total. The van der Waals surface area contributed by atoms with E-state index >= 15 is 0 Å². The van der Waals surface area contributed by atoms with Crippen LogP contribution in [0.2, 0.25) is 0 Å². The summed E-state index contributed by atoms with van der Waals surface area (Å²) < 4.78 is 0. The first-order valence-corrected chi connectivity index (χ1v) is 4.26. The van der Waals surface area contributed by atoms with Crippen LogP contribution in [0.3, 0.4) is 0 Å². The lowest BCUT2D eigenvalue weighted by molar-refractivity contribution is -0.134. The highest BCUT2D eigenvalue weighted by Crippen LogP contribution is 2.09. The van der Waals surface area contributed by atoms with Crippen LogP contribution in [0.25, 0.3) is 10.9 Å². The topological polar surface area (TPSA) is 89.1 Å². The van der Waals surface area contributed by atoms with E-state index in [-0.39, 0.29) is 0 Å². The Morgan fingerprint density at radius 2 is 2.00 bits per heavy atom. The number of nitrogens with two attached hydrogens (primary N) is 1. The van der Waals surface area contributed by atoms with Gasteiger partial charge in [0.25, 0.3) is 5.97 Å². The van der Waals surface area contributed by atoms with Crippen LogP contribution in [0.5, 0.6) is 0 Å². The van der Waals surface area contributed by atoms with Crippen molar-refractivity contribution in [2.24, 2.45) is 0 Å². The number of aromatic nitrogens is 2. The largest absolute Gasteiger partial charge is 0.481 e. The SMILES string of the molecule is CC(=O)O.Nc1ncc2ccccc2n1. The standard InChI is InChI=1S/C8H7N3.C2H4O2/c9-8-10-5-6-3-1-2-4-7(6)11-8;1-2(3)4/h1-5H,(H2,9,10,11);1H3,(H,3,4). The summed E-state index contributed by atoms with van der Waals surface area (Å²) in [5.41, 5.74) is 6.29. The molecule has 0 aliphatic rings. The van der Waals surface area contributed by atoms with Gasteiger partial charge in [-0.25, -0.2) is 9.97 Å². The summed E-state index contributed by atoms with van der Waals surface area (Å²) in [5, 5.41) is 8.43. The van der Waals surface area contributed by atoms with Crippen molar-refractivity contribution in [2.75, 3.05) is 5.73 Å². The molecule has 1 aromatic carbocycles. The molecular formula is C10H11N3O2. The van der Waals surface area contributed by atoms with E-state index in [1.807, 2.05) is 24.3 Å². The molecule has 0 bridgehead atoms. The van der Waals surface area contributed by atoms with Gasteiger partial charge in [0.15, 0.2) is 0 Å². The minimum Gasteiger partial charge on any atom is -0.481 e. The van der Waals surface area contributed by atoms with Gasteiger partial charge in [0.2, 0.25) is 5.95 Å². The zero-order chi connectivity index (χ0) is 11.3. The van der Waals surface area contributed by atoms with E-state index in [1.165, 1.54) is 0 Å². The summed E-state index contributed by atoms with van der Waals surface area (Å²) in [6.45, 7) is 1.08. The minimum atomic E-state index is -0.833. The number of nitrogens with zero attached hydrogens (tertiary/aromatic N) is 2. The molecule has 0 amide bonds. The van der Waals surface area contributed by atoms with E-state index < -0.39 is 5.97 Å². The highest BCUT2D eigenvalue weighted by Gasteiger charge is 1.92. The van der Waals surface area contributed by atoms with Crippen LogP contribution >= 0.6 is 0 Å². The number of aliphatic carboxylic acids is 1. The predicted molar refractivity (Wildman–Crippen MR) is 57.3 cm³/mol. The highest BCUT2D eigenvalue weighted by atomic mass is 16.4. The molecule has 0 saturated heterocycles. The van der Waals surface area contributed by atoms with Crippen molar-refractivity contribution in [2.45, 2.75) is 6.92 Å². The smallest absolute Gasteiger partial charge is 0.300 e. The molecule has 15 heavy (non-hydrogen) atoms. The van der Waals surface area contributed by atoms with Crippen LogP contribution in [-0.4, -0.2) is 21.0 Å². The Labute approximate surface area is 86.6 Å². The highest BCUT2D eigenvalue weighted by molar-refractivity contribution is 5.78. The summed E-state index contributed by atoms with van der Waals surface area (Å²) in [7, 11) is 0. The zero-order valence-electron chi connectivity index (χ0n) is 8.21. The van der Waals surface area contributed by atoms with Crippen molar-refractivity contribution in [3.05, 3.63) is 30.5 Å². The summed E-state index contributed by atoms with van der Waals surface area (Å²) in [4.78, 5) is 16.9. The fourth-order valence-electron chi connectivity index (χ4n) is 0.986. The van der Waals surface area contributed by atoms with Crippen LogP contribution in [0.4, 0.5) is 5.95 Å². The number of benzene rings is 1. The summed E-state index contributed by atoms with van der Waals surface area (Å²) >= 11 is 0. The van der Waals surface area contributed by atoms with Crippen molar-refractivity contribution in [1.29, 1.82) is 0 Å². The maximum absolute atomic E-state index is 9.00. The normalized spacial score (nSPS) is 9.13. The Morgan fingerprint density at radius 1 is 1.40 bits per heavy atom. The molecule has 0 fully saturated rings. The lowest BCUT2D eigenvalue weighted by Gasteiger charge is -1.94. The lowest BCUT2D eigenvalue weighted by atomic mass is 10.2. The van der Waals surface area contributed by atoms with E-state index in [1.54, 1.807) is 6.20 Å². The molecule has 0 atom stereocenters. The summed E-state index contributed by atoms with van der Waals surface area (Å²) in [6.07, 6.45) is 1.72. The van der Waals surface area contributed by atoms with Crippen molar-refractivity contribution < 1.29 is 9.90 Å². The van der Waals surface area contributed by atoms with Gasteiger partial charge in [-0.2, -0.15) is 0 Å². The Morgan fingerprint density at radius 3 is 2.67 bits per heavy atom. The van der Waals surface area contributed by atoms with Gasteiger partial charge in [0, 0.05) is 18.5 Å². The Kier molecular flexibility index (Phi) is 3.56. The van der Waals surface area contributed by atoms with Crippen LogP contribution in [0.15, 0.2) is 30.5 Å². The molecule has 0 saturated carbocycles.